The second kappa shape index (κ2) is 9.41. The second-order valence-corrected chi connectivity index (χ2v) is 7.77. The number of aliphatic hydroxyl groups excluding tert-OH is 2. The normalized spacial score (nSPS) is 32.5. The maximum Gasteiger partial charge on any atom is 0.434 e. The zero-order valence-corrected chi connectivity index (χ0v) is 16.2. The molecular weight excluding hydrogens is 407 g/mol. The van der Waals surface area contributed by atoms with E-state index in [1.807, 2.05) is 0 Å². The van der Waals surface area contributed by atoms with Crippen molar-refractivity contribution in [3.63, 3.8) is 0 Å². The number of anilines is 1. The molecule has 2 fully saturated rings. The number of carbonyl (C=O) groups is 1. The number of halogens is 3. The van der Waals surface area contributed by atoms with Crippen molar-refractivity contribution < 1.29 is 32.9 Å². The Hall–Kier alpha value is -2.02. The summed E-state index contributed by atoms with van der Waals surface area (Å²) in [6.07, 6.45) is -3.62. The van der Waals surface area contributed by atoms with Crippen LogP contribution in [0.2, 0.25) is 0 Å². The molecule has 2 heterocycles. The van der Waals surface area contributed by atoms with Crippen molar-refractivity contribution >= 4 is 11.7 Å². The Kier molecular flexibility index (Phi) is 7.11. The molecule has 1 amide bonds. The number of rotatable bonds is 5. The lowest BCUT2D eigenvalue weighted by molar-refractivity contribution is -0.152. The van der Waals surface area contributed by atoms with E-state index in [1.54, 1.807) is 0 Å². The molecule has 1 aliphatic carbocycles. The molecule has 0 unspecified atom stereocenters. The summed E-state index contributed by atoms with van der Waals surface area (Å²) in [6, 6.07) is -0.739. The van der Waals surface area contributed by atoms with E-state index in [1.165, 1.54) is 0 Å². The minimum absolute atomic E-state index is 0.0249. The Balaban J connectivity index is 1.52. The predicted octanol–water partition coefficient (Wildman–Crippen LogP) is 0.173. The molecule has 12 heteroatoms. The summed E-state index contributed by atoms with van der Waals surface area (Å²) in [5, 5.41) is 26.2. The molecule has 1 aromatic heterocycles. The minimum Gasteiger partial charge on any atom is -0.388 e. The van der Waals surface area contributed by atoms with Gasteiger partial charge in [-0.05, 0) is 25.7 Å². The SMILES string of the molecule is NC1CCC(NC(=O)C[C@H]2OC[C@H](Nc3cncc(C(F)(F)F)n3)[C@@H](O)[C@H]2O)CC1. The maximum atomic E-state index is 12.8. The van der Waals surface area contributed by atoms with Crippen LogP contribution in [-0.4, -0.2) is 69.1 Å². The van der Waals surface area contributed by atoms with Crippen LogP contribution in [0.1, 0.15) is 37.8 Å². The van der Waals surface area contributed by atoms with Crippen LogP contribution in [0, 0.1) is 0 Å². The van der Waals surface area contributed by atoms with Gasteiger partial charge in [0.1, 0.15) is 18.0 Å². The Morgan fingerprint density at radius 3 is 2.57 bits per heavy atom. The van der Waals surface area contributed by atoms with E-state index in [0.717, 1.165) is 31.9 Å². The number of alkyl halides is 3. The van der Waals surface area contributed by atoms with E-state index in [4.69, 9.17) is 10.5 Å². The number of amides is 1. The van der Waals surface area contributed by atoms with Crippen LogP contribution in [0.25, 0.3) is 0 Å². The molecule has 1 saturated carbocycles. The summed E-state index contributed by atoms with van der Waals surface area (Å²) in [5.41, 5.74) is 4.66. The van der Waals surface area contributed by atoms with Crippen molar-refractivity contribution in [2.75, 3.05) is 11.9 Å². The van der Waals surface area contributed by atoms with Gasteiger partial charge in [-0.1, -0.05) is 0 Å². The lowest BCUT2D eigenvalue weighted by Crippen LogP contribution is -2.56. The van der Waals surface area contributed by atoms with Gasteiger partial charge in [-0.3, -0.25) is 9.78 Å². The summed E-state index contributed by atoms with van der Waals surface area (Å²) >= 11 is 0. The molecule has 168 valence electrons. The highest BCUT2D eigenvalue weighted by Crippen LogP contribution is 2.28. The Morgan fingerprint density at radius 2 is 1.90 bits per heavy atom. The third kappa shape index (κ3) is 5.78. The van der Waals surface area contributed by atoms with Crippen LogP contribution in [-0.2, 0) is 15.7 Å². The first-order valence-corrected chi connectivity index (χ1v) is 9.82. The number of hydrogen-bond acceptors (Lipinski definition) is 8. The largest absolute Gasteiger partial charge is 0.434 e. The molecule has 0 aromatic carbocycles. The topological polar surface area (TPSA) is 143 Å². The molecule has 6 N–H and O–H groups in total. The zero-order valence-electron chi connectivity index (χ0n) is 16.2. The highest BCUT2D eigenvalue weighted by molar-refractivity contribution is 5.76. The summed E-state index contributed by atoms with van der Waals surface area (Å²) < 4.78 is 43.8. The molecule has 0 spiro atoms. The fourth-order valence-corrected chi connectivity index (χ4v) is 3.68. The number of carbonyl (C=O) groups excluding carboxylic acids is 1. The summed E-state index contributed by atoms with van der Waals surface area (Å²) in [4.78, 5) is 19.2. The van der Waals surface area contributed by atoms with E-state index in [2.05, 4.69) is 20.6 Å². The number of aliphatic hydroxyl groups is 2. The third-order valence-electron chi connectivity index (χ3n) is 5.41. The van der Waals surface area contributed by atoms with Gasteiger partial charge in [0.15, 0.2) is 5.69 Å². The van der Waals surface area contributed by atoms with Gasteiger partial charge in [0.05, 0.1) is 37.6 Å². The van der Waals surface area contributed by atoms with Crippen LogP contribution in [0.3, 0.4) is 0 Å². The average molecular weight is 433 g/mol. The van der Waals surface area contributed by atoms with E-state index in [0.29, 0.717) is 6.20 Å². The molecule has 1 aliphatic heterocycles. The molecule has 3 rings (SSSR count). The van der Waals surface area contributed by atoms with Crippen LogP contribution in [0.5, 0.6) is 0 Å². The number of nitrogens with one attached hydrogen (secondary N) is 2. The summed E-state index contributed by atoms with van der Waals surface area (Å²) in [6.45, 7) is -0.133. The maximum absolute atomic E-state index is 12.8. The molecule has 0 bridgehead atoms. The molecule has 2 aliphatic rings. The standard InChI is InChI=1S/C18H26F3N5O4/c19-18(20,21)13-6-23-7-14(26-13)25-11-8-30-12(17(29)16(11)28)5-15(27)24-10-3-1-9(22)2-4-10/h6-7,9-12,16-17,28-29H,1-5,8,22H2,(H,24,27)(H,25,26)/t9?,10?,11-,12+,16+,17-/m0/s1. The molecule has 1 saturated heterocycles. The zero-order chi connectivity index (χ0) is 21.9. The summed E-state index contributed by atoms with van der Waals surface area (Å²) in [5.74, 6) is -0.516. The van der Waals surface area contributed by atoms with E-state index in [-0.39, 0.29) is 36.8 Å². The van der Waals surface area contributed by atoms with Crippen LogP contribution >= 0.6 is 0 Å². The fraction of sp³-hybridized carbons (Fsp3) is 0.722. The Labute approximate surface area is 171 Å². The fourth-order valence-electron chi connectivity index (χ4n) is 3.68. The minimum atomic E-state index is -4.66. The number of ether oxygens (including phenoxy) is 1. The van der Waals surface area contributed by atoms with Gasteiger partial charge in [-0.25, -0.2) is 4.98 Å². The summed E-state index contributed by atoms with van der Waals surface area (Å²) in [7, 11) is 0. The first-order valence-electron chi connectivity index (χ1n) is 9.82. The van der Waals surface area contributed by atoms with Crippen LogP contribution in [0.15, 0.2) is 12.4 Å². The highest BCUT2D eigenvalue weighted by Gasteiger charge is 2.40. The van der Waals surface area contributed by atoms with Gasteiger partial charge < -0.3 is 31.3 Å². The van der Waals surface area contributed by atoms with E-state index < -0.39 is 36.2 Å². The van der Waals surface area contributed by atoms with Gasteiger partial charge >= 0.3 is 6.18 Å². The average Bonchev–Trinajstić information content (AvgIpc) is 2.69. The number of aromatic nitrogens is 2. The predicted molar refractivity (Wildman–Crippen MR) is 99.2 cm³/mol. The monoisotopic (exact) mass is 433 g/mol. The smallest absolute Gasteiger partial charge is 0.388 e. The Morgan fingerprint density at radius 1 is 1.20 bits per heavy atom. The van der Waals surface area contributed by atoms with Crippen molar-refractivity contribution in [2.24, 2.45) is 5.73 Å². The van der Waals surface area contributed by atoms with E-state index in [9.17, 15) is 28.2 Å². The molecular formula is C18H26F3N5O4. The van der Waals surface area contributed by atoms with Gasteiger partial charge in [0.25, 0.3) is 0 Å². The van der Waals surface area contributed by atoms with Crippen molar-refractivity contribution in [2.45, 2.75) is 74.7 Å². The lowest BCUT2D eigenvalue weighted by atomic mass is 9.91. The highest BCUT2D eigenvalue weighted by atomic mass is 19.4. The van der Waals surface area contributed by atoms with E-state index >= 15 is 0 Å². The van der Waals surface area contributed by atoms with Crippen LogP contribution in [0.4, 0.5) is 19.0 Å². The van der Waals surface area contributed by atoms with Crippen molar-refractivity contribution in [3.8, 4) is 0 Å². The Bertz CT molecular complexity index is 730. The third-order valence-corrected chi connectivity index (χ3v) is 5.41. The number of hydrogen-bond donors (Lipinski definition) is 5. The molecule has 9 nitrogen and oxygen atoms in total. The van der Waals surface area contributed by atoms with Gasteiger partial charge in [-0.2, -0.15) is 13.2 Å². The lowest BCUT2D eigenvalue weighted by Gasteiger charge is -2.38. The van der Waals surface area contributed by atoms with Crippen molar-refractivity contribution in [3.05, 3.63) is 18.1 Å². The first-order chi connectivity index (χ1) is 14.1. The second-order valence-electron chi connectivity index (χ2n) is 7.77. The van der Waals surface area contributed by atoms with Gasteiger partial charge in [0.2, 0.25) is 5.91 Å². The molecule has 4 atom stereocenters. The number of nitrogens with zero attached hydrogens (tertiary/aromatic N) is 2. The van der Waals surface area contributed by atoms with Crippen molar-refractivity contribution in [1.82, 2.24) is 15.3 Å². The number of nitrogens with two attached hydrogens (primary N) is 1. The van der Waals surface area contributed by atoms with Crippen LogP contribution < -0.4 is 16.4 Å². The molecule has 30 heavy (non-hydrogen) atoms. The molecule has 1 aromatic rings. The van der Waals surface area contributed by atoms with Gasteiger partial charge in [-0.15, -0.1) is 0 Å². The first kappa shape index (κ1) is 22.7. The quantitative estimate of drug-likeness (QED) is 0.442. The van der Waals surface area contributed by atoms with Crippen molar-refractivity contribution in [1.29, 1.82) is 0 Å². The van der Waals surface area contributed by atoms with Gasteiger partial charge in [0, 0.05) is 12.1 Å². The molecule has 0 radical (unpaired) electrons.